The zero-order chi connectivity index (χ0) is 12.4. The molecule has 0 saturated carbocycles. The van der Waals surface area contributed by atoms with Crippen LogP contribution in [0.25, 0.3) is 0 Å². The highest BCUT2D eigenvalue weighted by atomic mass is 16.6. The third-order valence-electron chi connectivity index (χ3n) is 2.58. The average Bonchev–Trinajstić information content (AvgIpc) is 2.58. The number of hydrogen-bond donors (Lipinski definition) is 0. The van der Waals surface area contributed by atoms with Crippen LogP contribution in [0.3, 0.4) is 0 Å². The molecule has 0 N–H and O–H groups in total. The van der Waals surface area contributed by atoms with E-state index in [1.807, 2.05) is 24.6 Å². The summed E-state index contributed by atoms with van der Waals surface area (Å²) in [6, 6.07) is 8.55. The Morgan fingerprint density at radius 1 is 1.29 bits per heavy atom. The maximum Gasteiger partial charge on any atom is 0.269 e. The summed E-state index contributed by atoms with van der Waals surface area (Å²) in [7, 11) is 0. The van der Waals surface area contributed by atoms with E-state index in [1.165, 1.54) is 12.1 Å². The zero-order valence-corrected chi connectivity index (χ0v) is 9.75. The van der Waals surface area contributed by atoms with Crippen LogP contribution in [0, 0.1) is 24.0 Å². The molecule has 1 heterocycles. The molecule has 0 saturated heterocycles. The summed E-state index contributed by atoms with van der Waals surface area (Å²) in [5.74, 6) is 0. The van der Waals surface area contributed by atoms with Crippen molar-refractivity contribution in [1.29, 1.82) is 0 Å². The van der Waals surface area contributed by atoms with Crippen LogP contribution in [0.2, 0.25) is 0 Å². The second kappa shape index (κ2) is 4.37. The summed E-state index contributed by atoms with van der Waals surface area (Å²) in [5.41, 5.74) is 3.18. The van der Waals surface area contributed by atoms with Crippen molar-refractivity contribution >= 4 is 5.69 Å². The predicted octanol–water partition coefficient (Wildman–Crippen LogP) is 2.46. The first-order valence-corrected chi connectivity index (χ1v) is 5.30. The number of benzene rings is 1. The lowest BCUT2D eigenvalue weighted by Gasteiger charge is -2.04. The highest BCUT2D eigenvalue weighted by Gasteiger charge is 2.05. The summed E-state index contributed by atoms with van der Waals surface area (Å²) in [4.78, 5) is 10.1. The van der Waals surface area contributed by atoms with E-state index in [-0.39, 0.29) is 5.69 Å². The number of aryl methyl sites for hydroxylation is 2. The average molecular weight is 231 g/mol. The molecule has 88 valence electrons. The van der Waals surface area contributed by atoms with Gasteiger partial charge in [0.25, 0.3) is 5.69 Å². The molecule has 17 heavy (non-hydrogen) atoms. The Labute approximate surface area is 98.8 Å². The Morgan fingerprint density at radius 3 is 2.41 bits per heavy atom. The molecule has 5 nitrogen and oxygen atoms in total. The standard InChI is InChI=1S/C12H13N3O2/c1-9-7-10(2)14(13-9)8-11-3-5-12(6-4-11)15(16)17/h3-7H,8H2,1-2H3. The van der Waals surface area contributed by atoms with Gasteiger partial charge >= 0.3 is 0 Å². The number of nitrogens with zero attached hydrogens (tertiary/aromatic N) is 3. The number of hydrogen-bond acceptors (Lipinski definition) is 3. The predicted molar refractivity (Wildman–Crippen MR) is 63.9 cm³/mol. The summed E-state index contributed by atoms with van der Waals surface area (Å²) < 4.78 is 1.89. The Hall–Kier alpha value is -2.17. The van der Waals surface area contributed by atoms with Gasteiger partial charge in [-0.2, -0.15) is 5.10 Å². The lowest BCUT2D eigenvalue weighted by Crippen LogP contribution is -2.03. The minimum absolute atomic E-state index is 0.113. The summed E-state index contributed by atoms with van der Waals surface area (Å²) in [6.45, 7) is 4.57. The summed E-state index contributed by atoms with van der Waals surface area (Å²) in [5, 5.41) is 14.9. The first-order chi connectivity index (χ1) is 8.06. The molecule has 0 radical (unpaired) electrons. The first-order valence-electron chi connectivity index (χ1n) is 5.30. The normalized spacial score (nSPS) is 10.5. The number of nitro benzene ring substituents is 1. The van der Waals surface area contributed by atoms with E-state index < -0.39 is 4.92 Å². The fourth-order valence-electron chi connectivity index (χ4n) is 1.73. The van der Waals surface area contributed by atoms with Crippen LogP contribution in [-0.2, 0) is 6.54 Å². The van der Waals surface area contributed by atoms with Crippen LogP contribution in [-0.4, -0.2) is 14.7 Å². The van der Waals surface area contributed by atoms with Crippen molar-refractivity contribution in [2.45, 2.75) is 20.4 Å². The minimum Gasteiger partial charge on any atom is -0.265 e. The molecule has 0 fully saturated rings. The van der Waals surface area contributed by atoms with E-state index >= 15 is 0 Å². The van der Waals surface area contributed by atoms with Crippen LogP contribution in [0.15, 0.2) is 30.3 Å². The van der Waals surface area contributed by atoms with Crippen LogP contribution >= 0.6 is 0 Å². The topological polar surface area (TPSA) is 61.0 Å². The molecular formula is C12H13N3O2. The van der Waals surface area contributed by atoms with E-state index in [9.17, 15) is 10.1 Å². The van der Waals surface area contributed by atoms with Gasteiger partial charge in [-0.25, -0.2) is 0 Å². The van der Waals surface area contributed by atoms with Crippen LogP contribution in [0.5, 0.6) is 0 Å². The van der Waals surface area contributed by atoms with Gasteiger partial charge in [-0.3, -0.25) is 14.8 Å². The molecule has 0 aliphatic rings. The number of rotatable bonds is 3. The molecule has 0 aliphatic heterocycles. The highest BCUT2D eigenvalue weighted by Crippen LogP contribution is 2.13. The second-order valence-corrected chi connectivity index (χ2v) is 4.01. The number of nitro groups is 1. The molecule has 5 heteroatoms. The maximum atomic E-state index is 10.5. The number of non-ortho nitro benzene ring substituents is 1. The molecule has 1 aromatic heterocycles. The summed E-state index contributed by atoms with van der Waals surface area (Å²) in [6.07, 6.45) is 0. The van der Waals surface area contributed by atoms with E-state index in [4.69, 9.17) is 0 Å². The van der Waals surface area contributed by atoms with Crippen LogP contribution in [0.4, 0.5) is 5.69 Å². The van der Waals surface area contributed by atoms with Crippen molar-refractivity contribution in [2.75, 3.05) is 0 Å². The van der Waals surface area contributed by atoms with Gasteiger partial charge in [0.1, 0.15) is 0 Å². The molecular weight excluding hydrogens is 218 g/mol. The second-order valence-electron chi connectivity index (χ2n) is 4.01. The minimum atomic E-state index is -0.396. The van der Waals surface area contributed by atoms with Crippen molar-refractivity contribution < 1.29 is 4.92 Å². The Morgan fingerprint density at radius 2 is 1.94 bits per heavy atom. The molecule has 0 atom stereocenters. The third-order valence-corrected chi connectivity index (χ3v) is 2.58. The van der Waals surface area contributed by atoms with Crippen molar-refractivity contribution in [2.24, 2.45) is 0 Å². The molecule has 0 bridgehead atoms. The Kier molecular flexibility index (Phi) is 2.91. The van der Waals surface area contributed by atoms with Gasteiger partial charge in [-0.1, -0.05) is 12.1 Å². The van der Waals surface area contributed by atoms with Gasteiger partial charge in [0, 0.05) is 17.8 Å². The molecule has 0 spiro atoms. The van der Waals surface area contributed by atoms with Crippen LogP contribution < -0.4 is 0 Å². The van der Waals surface area contributed by atoms with Crippen molar-refractivity contribution in [3.63, 3.8) is 0 Å². The van der Waals surface area contributed by atoms with Crippen molar-refractivity contribution in [1.82, 2.24) is 9.78 Å². The van der Waals surface area contributed by atoms with E-state index in [0.29, 0.717) is 6.54 Å². The first kappa shape index (κ1) is 11.3. The van der Waals surface area contributed by atoms with Gasteiger partial charge in [0.2, 0.25) is 0 Å². The van der Waals surface area contributed by atoms with E-state index in [2.05, 4.69) is 5.10 Å². The maximum absolute atomic E-state index is 10.5. The van der Waals surface area contributed by atoms with Crippen molar-refractivity contribution in [3.8, 4) is 0 Å². The molecule has 0 unspecified atom stereocenters. The van der Waals surface area contributed by atoms with E-state index in [0.717, 1.165) is 17.0 Å². The molecule has 0 aliphatic carbocycles. The van der Waals surface area contributed by atoms with Crippen LogP contribution in [0.1, 0.15) is 17.0 Å². The van der Waals surface area contributed by atoms with E-state index in [1.54, 1.807) is 12.1 Å². The van der Waals surface area contributed by atoms with Gasteiger partial charge in [-0.05, 0) is 25.5 Å². The highest BCUT2D eigenvalue weighted by molar-refractivity contribution is 5.33. The molecule has 2 rings (SSSR count). The lowest BCUT2D eigenvalue weighted by atomic mass is 10.2. The van der Waals surface area contributed by atoms with Gasteiger partial charge in [-0.15, -0.1) is 0 Å². The molecule has 2 aromatic rings. The Bertz CT molecular complexity index is 543. The van der Waals surface area contributed by atoms with Gasteiger partial charge in [0.15, 0.2) is 0 Å². The third kappa shape index (κ3) is 2.50. The fraction of sp³-hybridized carbons (Fsp3) is 0.250. The smallest absolute Gasteiger partial charge is 0.265 e. The van der Waals surface area contributed by atoms with Gasteiger partial charge in [0.05, 0.1) is 17.2 Å². The van der Waals surface area contributed by atoms with Crippen molar-refractivity contribution in [3.05, 3.63) is 57.4 Å². The quantitative estimate of drug-likeness (QED) is 0.602. The monoisotopic (exact) mass is 231 g/mol. The molecule has 1 aromatic carbocycles. The largest absolute Gasteiger partial charge is 0.269 e. The fourth-order valence-corrected chi connectivity index (χ4v) is 1.73. The summed E-state index contributed by atoms with van der Waals surface area (Å²) >= 11 is 0. The Balaban J connectivity index is 2.19. The zero-order valence-electron chi connectivity index (χ0n) is 9.75. The number of aromatic nitrogens is 2. The lowest BCUT2D eigenvalue weighted by molar-refractivity contribution is -0.384. The molecule has 0 amide bonds. The SMILES string of the molecule is Cc1cc(C)n(Cc2ccc([N+](=O)[O-])cc2)n1. The van der Waals surface area contributed by atoms with Gasteiger partial charge < -0.3 is 0 Å².